The second-order valence-corrected chi connectivity index (χ2v) is 9.66. The van der Waals surface area contributed by atoms with Crippen LogP contribution in [0.25, 0.3) is 10.6 Å². The predicted molar refractivity (Wildman–Crippen MR) is 116 cm³/mol. The summed E-state index contributed by atoms with van der Waals surface area (Å²) < 4.78 is 27.1. The van der Waals surface area contributed by atoms with E-state index in [4.69, 9.17) is 0 Å². The third kappa shape index (κ3) is 3.96. The smallest absolute Gasteiger partial charge is 0.263 e. The lowest BCUT2D eigenvalue weighted by molar-refractivity contribution is -0.118. The molecule has 1 aliphatic rings. The average molecular weight is 442 g/mol. The molecule has 1 amide bonds. The van der Waals surface area contributed by atoms with E-state index in [2.05, 4.69) is 25.2 Å². The molecule has 0 unspecified atom stereocenters. The van der Waals surface area contributed by atoms with Crippen LogP contribution in [0.5, 0.6) is 0 Å². The molecule has 1 aliphatic heterocycles. The van der Waals surface area contributed by atoms with Crippen molar-refractivity contribution in [1.82, 2.24) is 14.9 Å². The number of rotatable bonds is 5. The zero-order valence-electron chi connectivity index (χ0n) is 16.2. The molecule has 1 aromatic heterocycles. The van der Waals surface area contributed by atoms with Crippen LogP contribution >= 0.6 is 11.3 Å². The Labute approximate surface area is 178 Å². The molecule has 30 heavy (non-hydrogen) atoms. The lowest BCUT2D eigenvalue weighted by Gasteiger charge is -2.16. The molecule has 10 heteroatoms. The Morgan fingerprint density at radius 3 is 2.50 bits per heavy atom. The van der Waals surface area contributed by atoms with Crippen LogP contribution in [0, 0.1) is 5.92 Å². The van der Waals surface area contributed by atoms with Crippen LogP contribution in [0.4, 0.5) is 5.13 Å². The van der Waals surface area contributed by atoms with E-state index in [0.717, 1.165) is 5.56 Å². The molecular weight excluding hydrogens is 422 g/mol. The average Bonchev–Trinajstić information content (AvgIpc) is 3.29. The van der Waals surface area contributed by atoms with Gasteiger partial charge in [0.2, 0.25) is 5.13 Å². The van der Waals surface area contributed by atoms with Crippen LogP contribution in [0.1, 0.15) is 19.4 Å². The first-order valence-corrected chi connectivity index (χ1v) is 11.5. The number of hydrogen-bond donors (Lipinski definition) is 2. The number of aliphatic imine (C=N–C) groups is 1. The van der Waals surface area contributed by atoms with E-state index in [1.807, 2.05) is 44.2 Å². The summed E-state index contributed by atoms with van der Waals surface area (Å²) in [5, 5.41) is 12.0. The molecular formula is C20H19N5O3S2. The Hall–Kier alpha value is -3.11. The van der Waals surface area contributed by atoms with Crippen molar-refractivity contribution < 1.29 is 13.2 Å². The van der Waals surface area contributed by atoms with E-state index in [0.29, 0.717) is 15.7 Å². The van der Waals surface area contributed by atoms with Crippen LogP contribution in [0.2, 0.25) is 0 Å². The van der Waals surface area contributed by atoms with Gasteiger partial charge in [0, 0.05) is 11.1 Å². The highest BCUT2D eigenvalue weighted by Gasteiger charge is 2.32. The number of amidine groups is 1. The maximum atomic E-state index is 12.9. The number of nitrogens with one attached hydrogen (secondary N) is 2. The summed E-state index contributed by atoms with van der Waals surface area (Å²) in [5.41, 5.74) is 1.37. The second kappa shape index (κ2) is 7.96. The molecule has 154 valence electrons. The summed E-state index contributed by atoms with van der Waals surface area (Å²) in [7, 11) is -3.67. The molecule has 0 aliphatic carbocycles. The van der Waals surface area contributed by atoms with Crippen molar-refractivity contribution in [2.75, 3.05) is 5.32 Å². The van der Waals surface area contributed by atoms with Gasteiger partial charge in [-0.1, -0.05) is 67.6 Å². The normalized spacial score (nSPS) is 16.8. The molecule has 3 aromatic rings. The SMILES string of the molecule is CC(C)[C@H](N=C1NS(=O)(=O)c2ccccc21)C(=O)Nc1nnc(-c2ccccc2)s1. The number of benzene rings is 2. The number of carbonyl (C=O) groups excluding carboxylic acids is 1. The number of aromatic nitrogens is 2. The molecule has 8 nitrogen and oxygen atoms in total. The first-order chi connectivity index (χ1) is 14.3. The number of fused-ring (bicyclic) bond motifs is 1. The second-order valence-electron chi connectivity index (χ2n) is 7.04. The minimum atomic E-state index is -3.67. The molecule has 2 heterocycles. The third-order valence-corrected chi connectivity index (χ3v) is 6.79. The summed E-state index contributed by atoms with van der Waals surface area (Å²) >= 11 is 1.26. The van der Waals surface area contributed by atoms with Gasteiger partial charge in [-0.15, -0.1) is 10.2 Å². The number of nitrogens with zero attached hydrogens (tertiary/aromatic N) is 3. The lowest BCUT2D eigenvalue weighted by Crippen LogP contribution is -2.34. The number of sulfonamides is 1. The Morgan fingerprint density at radius 1 is 1.07 bits per heavy atom. The largest absolute Gasteiger partial charge is 0.299 e. The molecule has 2 N–H and O–H groups in total. The molecule has 0 saturated heterocycles. The van der Waals surface area contributed by atoms with Crippen molar-refractivity contribution in [3.05, 3.63) is 60.2 Å². The number of hydrogen-bond acceptors (Lipinski definition) is 7. The van der Waals surface area contributed by atoms with Crippen LogP contribution in [0.3, 0.4) is 0 Å². The Bertz CT molecular complexity index is 1220. The number of carbonyl (C=O) groups is 1. The van der Waals surface area contributed by atoms with Gasteiger partial charge >= 0.3 is 0 Å². The van der Waals surface area contributed by atoms with Crippen LogP contribution in [-0.4, -0.2) is 36.4 Å². The van der Waals surface area contributed by atoms with Crippen molar-refractivity contribution in [3.8, 4) is 10.6 Å². The molecule has 0 radical (unpaired) electrons. The van der Waals surface area contributed by atoms with Crippen molar-refractivity contribution in [2.45, 2.75) is 24.8 Å². The van der Waals surface area contributed by atoms with Crippen molar-refractivity contribution in [1.29, 1.82) is 0 Å². The minimum Gasteiger partial charge on any atom is -0.299 e. The Balaban J connectivity index is 1.58. The topological polar surface area (TPSA) is 113 Å². The molecule has 4 rings (SSSR count). The molecule has 2 aromatic carbocycles. The highest BCUT2D eigenvalue weighted by molar-refractivity contribution is 7.90. The molecule has 0 bridgehead atoms. The zero-order valence-corrected chi connectivity index (χ0v) is 17.9. The first kappa shape index (κ1) is 20.2. The van der Waals surface area contributed by atoms with Crippen LogP contribution < -0.4 is 10.0 Å². The summed E-state index contributed by atoms with van der Waals surface area (Å²) in [6.07, 6.45) is 0. The standard InChI is InChI=1S/C20H19N5O3S2/c1-12(2)16(21-17-14-10-6-7-11-15(14)30(27,28)25-17)18(26)22-20-24-23-19(29-20)13-8-4-3-5-9-13/h3-12,16H,1-2H3,(H,21,25)(H,22,24,26)/t16-/m0/s1. The van der Waals surface area contributed by atoms with E-state index < -0.39 is 16.1 Å². The number of anilines is 1. The molecule has 0 spiro atoms. The zero-order chi connectivity index (χ0) is 21.3. The first-order valence-electron chi connectivity index (χ1n) is 9.25. The Morgan fingerprint density at radius 2 is 1.77 bits per heavy atom. The fourth-order valence-corrected chi connectivity index (χ4v) is 5.02. The quantitative estimate of drug-likeness (QED) is 0.632. The lowest BCUT2D eigenvalue weighted by atomic mass is 10.0. The molecule has 1 atom stereocenters. The van der Waals surface area contributed by atoms with Crippen LogP contribution in [-0.2, 0) is 14.8 Å². The van der Waals surface area contributed by atoms with E-state index in [9.17, 15) is 13.2 Å². The summed E-state index contributed by atoms with van der Waals surface area (Å²) in [6.45, 7) is 3.69. The van der Waals surface area contributed by atoms with Gasteiger partial charge in [0.1, 0.15) is 16.9 Å². The van der Waals surface area contributed by atoms with Gasteiger partial charge in [-0.2, -0.15) is 0 Å². The Kier molecular flexibility index (Phi) is 5.35. The van der Waals surface area contributed by atoms with Gasteiger partial charge in [0.05, 0.1) is 4.90 Å². The van der Waals surface area contributed by atoms with Crippen molar-refractivity contribution in [3.63, 3.8) is 0 Å². The van der Waals surface area contributed by atoms with Crippen molar-refractivity contribution >= 4 is 38.2 Å². The van der Waals surface area contributed by atoms with E-state index in [1.54, 1.807) is 18.2 Å². The highest BCUT2D eigenvalue weighted by Crippen LogP contribution is 2.27. The maximum absolute atomic E-state index is 12.9. The van der Waals surface area contributed by atoms with Crippen molar-refractivity contribution in [2.24, 2.45) is 10.9 Å². The van der Waals surface area contributed by atoms with Gasteiger partial charge in [0.15, 0.2) is 0 Å². The van der Waals surface area contributed by atoms with Gasteiger partial charge in [-0.05, 0) is 18.1 Å². The van der Waals surface area contributed by atoms with E-state index in [-0.39, 0.29) is 22.6 Å². The monoisotopic (exact) mass is 441 g/mol. The summed E-state index contributed by atoms with van der Waals surface area (Å²) in [5.74, 6) is -0.380. The van der Waals surface area contributed by atoms with E-state index in [1.165, 1.54) is 17.4 Å². The maximum Gasteiger partial charge on any atom is 0.263 e. The number of amides is 1. The van der Waals surface area contributed by atoms with Gasteiger partial charge in [-0.3, -0.25) is 19.8 Å². The highest BCUT2D eigenvalue weighted by atomic mass is 32.2. The minimum absolute atomic E-state index is 0.156. The third-order valence-electron chi connectivity index (χ3n) is 4.51. The van der Waals surface area contributed by atoms with E-state index >= 15 is 0 Å². The predicted octanol–water partition coefficient (Wildman–Crippen LogP) is 2.91. The van der Waals surface area contributed by atoms with Gasteiger partial charge in [-0.25, -0.2) is 8.42 Å². The summed E-state index contributed by atoms with van der Waals surface area (Å²) in [6, 6.07) is 15.3. The van der Waals surface area contributed by atoms with Gasteiger partial charge < -0.3 is 0 Å². The summed E-state index contributed by atoms with van der Waals surface area (Å²) in [4.78, 5) is 17.5. The molecule has 0 fully saturated rings. The molecule has 0 saturated carbocycles. The van der Waals surface area contributed by atoms with Gasteiger partial charge in [0.25, 0.3) is 15.9 Å². The van der Waals surface area contributed by atoms with Crippen LogP contribution in [0.15, 0.2) is 64.5 Å². The fourth-order valence-electron chi connectivity index (χ4n) is 3.03. The fraction of sp³-hybridized carbons (Fsp3) is 0.200.